The number of hydrogen-bond acceptors (Lipinski definition) is 11. The van der Waals surface area contributed by atoms with E-state index in [1.807, 2.05) is 37.1 Å². The summed E-state index contributed by atoms with van der Waals surface area (Å²) in [4.78, 5) is 72.9. The fourth-order valence-electron chi connectivity index (χ4n) is 10.6. The lowest BCUT2D eigenvalue weighted by molar-refractivity contribution is -0.155. The van der Waals surface area contributed by atoms with Gasteiger partial charge in [0.2, 0.25) is 5.91 Å². The molecule has 0 radical (unpaired) electrons. The number of thiazole rings is 1. The fourth-order valence-corrected chi connectivity index (χ4v) is 11.4. The minimum atomic E-state index is -1.03. The van der Waals surface area contributed by atoms with E-state index in [-0.39, 0.29) is 42.5 Å². The van der Waals surface area contributed by atoms with Crippen LogP contribution in [-0.2, 0) is 43.2 Å². The zero-order valence-corrected chi connectivity index (χ0v) is 39.7. The Hall–Kier alpha value is -4.90. The molecule has 7 heterocycles. The van der Waals surface area contributed by atoms with Gasteiger partial charge in [-0.05, 0) is 88.7 Å². The van der Waals surface area contributed by atoms with Gasteiger partial charge in [-0.2, -0.15) is 0 Å². The number of amides is 4. The molecule has 0 saturated carbocycles. The van der Waals surface area contributed by atoms with Crippen LogP contribution in [0.15, 0.2) is 41.9 Å². The number of cyclic esters (lactones) is 1. The number of nitrogens with zero attached hydrogens (tertiary/aromatic N) is 7. The van der Waals surface area contributed by atoms with E-state index in [4.69, 9.17) is 19.4 Å². The highest BCUT2D eigenvalue weighted by molar-refractivity contribution is 7.10. The summed E-state index contributed by atoms with van der Waals surface area (Å²) >= 11 is 1.44. The molecule has 0 unspecified atom stereocenters. The van der Waals surface area contributed by atoms with E-state index < -0.39 is 35.4 Å². The third-order valence-electron chi connectivity index (χ3n) is 13.7. The van der Waals surface area contributed by atoms with Gasteiger partial charge in [0, 0.05) is 92.3 Å². The summed E-state index contributed by atoms with van der Waals surface area (Å²) in [5.41, 5.74) is 9.23. The number of urea groups is 1. The lowest BCUT2D eigenvalue weighted by Crippen LogP contribution is -2.69. The number of esters is 1. The first kappa shape index (κ1) is 45.7. The predicted octanol–water partition coefficient (Wildman–Crippen LogP) is 6.06. The molecule has 6 bridgehead atoms. The molecule has 3 aromatic heterocycles. The number of rotatable bonds is 8. The predicted molar refractivity (Wildman–Crippen MR) is 247 cm³/mol. The van der Waals surface area contributed by atoms with Gasteiger partial charge in [0.05, 0.1) is 40.3 Å². The molecule has 4 aromatic rings. The Kier molecular flexibility index (Phi) is 13.0. The Labute approximate surface area is 380 Å². The summed E-state index contributed by atoms with van der Waals surface area (Å²) in [5, 5.41) is 8.28. The van der Waals surface area contributed by atoms with E-state index in [2.05, 4.69) is 72.3 Å². The van der Waals surface area contributed by atoms with Crippen molar-refractivity contribution < 1.29 is 28.7 Å². The molecule has 8 rings (SSSR count). The molecule has 3 saturated heterocycles. The van der Waals surface area contributed by atoms with Crippen LogP contribution in [0.4, 0.5) is 4.79 Å². The molecule has 344 valence electrons. The van der Waals surface area contributed by atoms with Crippen LogP contribution < -0.4 is 10.7 Å². The SMILES string of the molecule is CCn1c(-c2cccnc2[C@H](C)OC)c2c3cc(ccc31)-c1csc(n1)C[C@H](NC(=O)[C@H](C(C)C)N(C)C(=O)N1CCCC13CN(C)C3)C(=O)N1CCC[C@H](N1)C(=O)OCC(C)(C)C2. The van der Waals surface area contributed by atoms with Crippen LogP contribution in [0.3, 0.4) is 0 Å². The van der Waals surface area contributed by atoms with E-state index in [9.17, 15) is 19.2 Å². The maximum Gasteiger partial charge on any atom is 0.324 e. The number of carbonyl (C=O) groups excluding carboxylic acids is 4. The smallest absolute Gasteiger partial charge is 0.324 e. The van der Waals surface area contributed by atoms with Crippen LogP contribution in [0.2, 0.25) is 0 Å². The van der Waals surface area contributed by atoms with Crippen molar-refractivity contribution in [3.8, 4) is 22.5 Å². The molecule has 3 fully saturated rings. The normalized spacial score (nSPS) is 22.3. The molecule has 4 amide bonds. The van der Waals surface area contributed by atoms with Crippen molar-refractivity contribution in [2.24, 2.45) is 11.3 Å². The number of likely N-dealkylation sites (N-methyl/N-ethyl adjacent to an activating group) is 2. The first-order valence-corrected chi connectivity index (χ1v) is 23.8. The van der Waals surface area contributed by atoms with E-state index >= 15 is 0 Å². The Bertz CT molecular complexity index is 2400. The van der Waals surface area contributed by atoms with E-state index in [1.165, 1.54) is 16.3 Å². The Morgan fingerprint density at radius 1 is 1.12 bits per heavy atom. The highest BCUT2D eigenvalue weighted by atomic mass is 32.1. The van der Waals surface area contributed by atoms with Crippen LogP contribution in [0.5, 0.6) is 0 Å². The Balaban J connectivity index is 1.17. The minimum absolute atomic E-state index is 0.117. The summed E-state index contributed by atoms with van der Waals surface area (Å²) in [6.45, 7) is 15.7. The van der Waals surface area contributed by atoms with Crippen molar-refractivity contribution in [1.82, 2.24) is 45.0 Å². The molecule has 4 aliphatic rings. The summed E-state index contributed by atoms with van der Waals surface area (Å²) in [6, 6.07) is 7.69. The summed E-state index contributed by atoms with van der Waals surface area (Å²) in [7, 11) is 5.44. The molecular weight excluding hydrogens is 831 g/mol. The van der Waals surface area contributed by atoms with Crippen LogP contribution >= 0.6 is 11.3 Å². The van der Waals surface area contributed by atoms with Gasteiger partial charge in [-0.3, -0.25) is 24.4 Å². The number of aryl methyl sites for hydroxylation is 1. The van der Waals surface area contributed by atoms with Gasteiger partial charge in [-0.1, -0.05) is 33.8 Å². The van der Waals surface area contributed by atoms with Gasteiger partial charge in [0.1, 0.15) is 18.1 Å². The Morgan fingerprint density at radius 3 is 2.62 bits per heavy atom. The summed E-state index contributed by atoms with van der Waals surface area (Å²) in [5.74, 6) is -1.47. The number of nitrogens with one attached hydrogen (secondary N) is 2. The second kappa shape index (κ2) is 18.2. The molecule has 64 heavy (non-hydrogen) atoms. The van der Waals surface area contributed by atoms with Crippen molar-refractivity contribution in [3.63, 3.8) is 0 Å². The van der Waals surface area contributed by atoms with Crippen LogP contribution in [-0.4, -0.2) is 136 Å². The number of methoxy groups -OCH3 is 1. The molecule has 1 aromatic carbocycles. The van der Waals surface area contributed by atoms with E-state index in [0.717, 1.165) is 70.6 Å². The summed E-state index contributed by atoms with van der Waals surface area (Å²) in [6.07, 6.45) is 5.19. The van der Waals surface area contributed by atoms with Gasteiger partial charge in [0.15, 0.2) is 0 Å². The second-order valence-electron chi connectivity index (χ2n) is 19.5. The number of pyridine rings is 1. The van der Waals surface area contributed by atoms with Gasteiger partial charge >= 0.3 is 12.0 Å². The quantitative estimate of drug-likeness (QED) is 0.200. The molecule has 15 nitrogen and oxygen atoms in total. The highest BCUT2D eigenvalue weighted by Gasteiger charge is 2.52. The molecule has 0 aliphatic carbocycles. The topological polar surface area (TPSA) is 154 Å². The van der Waals surface area contributed by atoms with Crippen molar-refractivity contribution in [3.05, 3.63) is 58.2 Å². The van der Waals surface area contributed by atoms with Gasteiger partial charge < -0.3 is 34.1 Å². The third kappa shape index (κ3) is 8.65. The standard InChI is InChI=1S/C48H65N9O6S/c1-10-55-38-17-16-31-22-33(38)34(42(55)32-14-11-19-49-40(32)30(4)62-9)24-47(5,6)28-63-45(60)35-15-12-21-57(52-35)44(59)36(23-39-50-37(31)25-64-39)51-43(58)41(29(2)3)54(8)46(61)56-20-13-18-48(56)26-53(7)27-48/h11,14,16-17,19,22,25,29-30,35-36,41,52H,10,12-13,15,18,20-21,23-24,26-28H2,1-9H3,(H,51,58)/t30-,35-,36-,41-/m0/s1. The number of aromatic nitrogens is 3. The highest BCUT2D eigenvalue weighted by Crippen LogP contribution is 2.42. The molecule has 4 aliphatic heterocycles. The number of likely N-dealkylation sites (tertiary alicyclic amines) is 2. The summed E-state index contributed by atoms with van der Waals surface area (Å²) < 4.78 is 14.3. The molecule has 4 atom stereocenters. The first-order valence-electron chi connectivity index (χ1n) is 22.9. The maximum absolute atomic E-state index is 14.7. The monoisotopic (exact) mass is 895 g/mol. The zero-order valence-electron chi connectivity index (χ0n) is 38.9. The van der Waals surface area contributed by atoms with Crippen LogP contribution in [0, 0.1) is 11.3 Å². The lowest BCUT2D eigenvalue weighted by Gasteiger charge is -2.52. The number of carbonyl (C=O) groups is 4. The minimum Gasteiger partial charge on any atom is -0.464 e. The van der Waals surface area contributed by atoms with Crippen LogP contribution in [0.1, 0.15) is 89.6 Å². The van der Waals surface area contributed by atoms with Gasteiger partial charge in [0.25, 0.3) is 5.91 Å². The molecule has 1 spiro atoms. The van der Waals surface area contributed by atoms with Gasteiger partial charge in [-0.25, -0.2) is 15.2 Å². The van der Waals surface area contributed by atoms with E-state index in [1.54, 1.807) is 25.3 Å². The van der Waals surface area contributed by atoms with Crippen molar-refractivity contribution >= 4 is 46.1 Å². The number of ether oxygens (including phenoxy) is 2. The number of hydrogen-bond donors (Lipinski definition) is 2. The molecule has 2 N–H and O–H groups in total. The van der Waals surface area contributed by atoms with Crippen molar-refractivity contribution in [1.29, 1.82) is 0 Å². The average molecular weight is 896 g/mol. The van der Waals surface area contributed by atoms with Crippen molar-refractivity contribution in [2.45, 2.75) is 116 Å². The number of hydrazine groups is 1. The first-order chi connectivity index (χ1) is 30.5. The van der Waals surface area contributed by atoms with E-state index in [0.29, 0.717) is 43.9 Å². The lowest BCUT2D eigenvalue weighted by atomic mass is 9.84. The zero-order chi connectivity index (χ0) is 45.7. The van der Waals surface area contributed by atoms with Crippen molar-refractivity contribution in [2.75, 3.05) is 54.0 Å². The third-order valence-corrected chi connectivity index (χ3v) is 14.6. The average Bonchev–Trinajstić information content (AvgIpc) is 4.00. The number of benzene rings is 1. The molecular formula is C48H65N9O6S. The number of fused-ring (bicyclic) bond motifs is 6. The fraction of sp³-hybridized carbons (Fsp3) is 0.583. The largest absolute Gasteiger partial charge is 0.464 e. The molecule has 16 heteroatoms. The maximum atomic E-state index is 14.7. The Morgan fingerprint density at radius 2 is 1.91 bits per heavy atom. The van der Waals surface area contributed by atoms with Gasteiger partial charge in [-0.15, -0.1) is 11.3 Å². The second-order valence-corrected chi connectivity index (χ2v) is 20.4. The van der Waals surface area contributed by atoms with Crippen LogP contribution in [0.25, 0.3) is 33.4 Å².